The van der Waals surface area contributed by atoms with Gasteiger partial charge in [0.25, 0.3) is 0 Å². The molecule has 21 heavy (non-hydrogen) atoms. The van der Waals surface area contributed by atoms with Crippen molar-refractivity contribution in [2.75, 3.05) is 6.54 Å². The summed E-state index contributed by atoms with van der Waals surface area (Å²) >= 11 is 0. The van der Waals surface area contributed by atoms with E-state index in [1.54, 1.807) is 4.90 Å². The van der Waals surface area contributed by atoms with E-state index in [9.17, 15) is 9.59 Å². The topological polar surface area (TPSA) is 67.2 Å². The Kier molecular flexibility index (Phi) is 4.65. The summed E-state index contributed by atoms with van der Waals surface area (Å²) in [5, 5.41) is 7.15. The Morgan fingerprint density at radius 1 is 1.38 bits per heavy atom. The fourth-order valence-electron chi connectivity index (χ4n) is 2.56. The number of rotatable bonds is 5. The molecule has 1 aliphatic rings. The molecule has 116 valence electrons. The number of carbonyl (C=O) groups excluding carboxylic acids is 2. The number of carbonyl (C=O) groups is 2. The van der Waals surface area contributed by atoms with Gasteiger partial charge in [-0.15, -0.1) is 0 Å². The minimum absolute atomic E-state index is 0.0426. The van der Waals surface area contributed by atoms with Crippen LogP contribution in [0.3, 0.4) is 0 Å². The second-order valence-corrected chi connectivity index (χ2v) is 5.95. The van der Waals surface area contributed by atoms with Crippen LogP contribution in [0.4, 0.5) is 0 Å². The van der Waals surface area contributed by atoms with Crippen LogP contribution >= 0.6 is 0 Å². The normalized spacial score (nSPS) is 20.8. The Bertz CT molecular complexity index is 523. The average Bonchev–Trinajstić information content (AvgIpc) is 2.91. The van der Waals surface area contributed by atoms with Gasteiger partial charge in [-0.2, -0.15) is 5.10 Å². The number of hydrogen-bond acceptors (Lipinski definition) is 3. The quantitative estimate of drug-likeness (QED) is 0.890. The Hall–Kier alpha value is -1.85. The summed E-state index contributed by atoms with van der Waals surface area (Å²) in [5.74, 6) is 0.0210. The molecule has 0 aromatic carbocycles. The predicted octanol–water partition coefficient (Wildman–Crippen LogP) is 1.34. The summed E-state index contributed by atoms with van der Waals surface area (Å²) in [6.45, 7) is 8.61. The smallest absolute Gasteiger partial charge is 0.243 e. The van der Waals surface area contributed by atoms with Gasteiger partial charge in [-0.3, -0.25) is 14.3 Å². The molecule has 2 heterocycles. The first-order valence-corrected chi connectivity index (χ1v) is 7.55. The standard InChI is InChI=1S/C15H24N4O2/c1-5-11(4)14-15(21)16-8-13(20)18(14)9-12-6-7-19(17-12)10(2)3/h6-7,10-11,14H,5,8-9H2,1-4H3,(H,16,21). The first-order chi connectivity index (χ1) is 9.93. The molecule has 0 spiro atoms. The van der Waals surface area contributed by atoms with Gasteiger partial charge in [0, 0.05) is 12.2 Å². The van der Waals surface area contributed by atoms with Crippen LogP contribution in [0.2, 0.25) is 0 Å². The third-order valence-electron chi connectivity index (χ3n) is 4.05. The molecule has 1 saturated heterocycles. The lowest BCUT2D eigenvalue weighted by molar-refractivity contribution is -0.148. The third kappa shape index (κ3) is 3.25. The third-order valence-corrected chi connectivity index (χ3v) is 4.05. The summed E-state index contributed by atoms with van der Waals surface area (Å²) in [4.78, 5) is 26.0. The van der Waals surface area contributed by atoms with Gasteiger partial charge in [-0.1, -0.05) is 20.3 Å². The molecule has 6 nitrogen and oxygen atoms in total. The monoisotopic (exact) mass is 292 g/mol. The van der Waals surface area contributed by atoms with E-state index in [0.717, 1.165) is 12.1 Å². The van der Waals surface area contributed by atoms with Gasteiger partial charge in [0.2, 0.25) is 11.8 Å². The Labute approximate surface area is 125 Å². The van der Waals surface area contributed by atoms with Crippen molar-refractivity contribution in [2.45, 2.75) is 52.7 Å². The van der Waals surface area contributed by atoms with Crippen LogP contribution in [0.25, 0.3) is 0 Å². The highest BCUT2D eigenvalue weighted by molar-refractivity contribution is 5.94. The maximum absolute atomic E-state index is 12.2. The first-order valence-electron chi connectivity index (χ1n) is 7.55. The lowest BCUT2D eigenvalue weighted by Crippen LogP contribution is -2.60. The minimum Gasteiger partial charge on any atom is -0.345 e. The van der Waals surface area contributed by atoms with E-state index in [4.69, 9.17) is 0 Å². The van der Waals surface area contributed by atoms with Crippen LogP contribution in [0.15, 0.2) is 12.3 Å². The number of amides is 2. The maximum Gasteiger partial charge on any atom is 0.243 e. The molecule has 0 aliphatic carbocycles. The van der Waals surface area contributed by atoms with Crippen molar-refractivity contribution < 1.29 is 9.59 Å². The molecule has 2 amide bonds. The molecule has 2 unspecified atom stereocenters. The van der Waals surface area contributed by atoms with E-state index in [-0.39, 0.29) is 30.3 Å². The summed E-state index contributed by atoms with van der Waals surface area (Å²) in [6, 6.07) is 1.79. The van der Waals surface area contributed by atoms with E-state index in [1.165, 1.54) is 0 Å². The number of piperazine rings is 1. The molecular weight excluding hydrogens is 268 g/mol. The van der Waals surface area contributed by atoms with Gasteiger partial charge in [-0.05, 0) is 25.8 Å². The van der Waals surface area contributed by atoms with Crippen LogP contribution in [0.5, 0.6) is 0 Å². The lowest BCUT2D eigenvalue weighted by atomic mass is 9.95. The van der Waals surface area contributed by atoms with Gasteiger partial charge in [0.1, 0.15) is 6.04 Å². The van der Waals surface area contributed by atoms with E-state index in [2.05, 4.69) is 24.3 Å². The van der Waals surface area contributed by atoms with Crippen molar-refractivity contribution in [3.63, 3.8) is 0 Å². The molecule has 1 aromatic rings. The zero-order chi connectivity index (χ0) is 15.6. The second-order valence-electron chi connectivity index (χ2n) is 5.95. The molecule has 1 aromatic heterocycles. The van der Waals surface area contributed by atoms with Crippen molar-refractivity contribution in [1.82, 2.24) is 20.0 Å². The van der Waals surface area contributed by atoms with Crippen LogP contribution < -0.4 is 5.32 Å². The van der Waals surface area contributed by atoms with Gasteiger partial charge in [0.05, 0.1) is 18.8 Å². The van der Waals surface area contributed by atoms with E-state index < -0.39 is 6.04 Å². The van der Waals surface area contributed by atoms with Gasteiger partial charge >= 0.3 is 0 Å². The fraction of sp³-hybridized carbons (Fsp3) is 0.667. The van der Waals surface area contributed by atoms with E-state index in [1.807, 2.05) is 30.8 Å². The number of nitrogens with zero attached hydrogens (tertiary/aromatic N) is 3. The zero-order valence-corrected chi connectivity index (χ0v) is 13.2. The van der Waals surface area contributed by atoms with Crippen LogP contribution in [0.1, 0.15) is 45.9 Å². The van der Waals surface area contributed by atoms with Crippen molar-refractivity contribution >= 4 is 11.8 Å². The number of hydrogen-bond donors (Lipinski definition) is 1. The summed E-state index contributed by atoms with van der Waals surface area (Å²) < 4.78 is 1.86. The van der Waals surface area contributed by atoms with E-state index in [0.29, 0.717) is 6.54 Å². The molecule has 1 aliphatic heterocycles. The molecular formula is C15H24N4O2. The predicted molar refractivity (Wildman–Crippen MR) is 79.4 cm³/mol. The summed E-state index contributed by atoms with van der Waals surface area (Å²) in [6.07, 6.45) is 2.76. The Morgan fingerprint density at radius 3 is 2.67 bits per heavy atom. The van der Waals surface area contributed by atoms with Crippen molar-refractivity contribution in [3.8, 4) is 0 Å². The van der Waals surface area contributed by atoms with Crippen LogP contribution in [-0.4, -0.2) is 39.1 Å². The summed E-state index contributed by atoms with van der Waals surface area (Å²) in [7, 11) is 0. The molecule has 0 bridgehead atoms. The SMILES string of the molecule is CCC(C)C1C(=O)NCC(=O)N1Cc1ccn(C(C)C)n1. The van der Waals surface area contributed by atoms with Crippen LogP contribution in [-0.2, 0) is 16.1 Å². The largest absolute Gasteiger partial charge is 0.345 e. The highest BCUT2D eigenvalue weighted by Gasteiger charge is 2.37. The fourth-order valence-corrected chi connectivity index (χ4v) is 2.56. The molecule has 0 radical (unpaired) electrons. The highest BCUT2D eigenvalue weighted by atomic mass is 16.2. The van der Waals surface area contributed by atoms with Crippen molar-refractivity contribution in [2.24, 2.45) is 5.92 Å². The second kappa shape index (κ2) is 6.28. The molecule has 6 heteroatoms. The molecule has 2 rings (SSSR count). The first kappa shape index (κ1) is 15.5. The zero-order valence-electron chi connectivity index (χ0n) is 13.2. The molecule has 1 N–H and O–H groups in total. The summed E-state index contributed by atoms with van der Waals surface area (Å²) in [5.41, 5.74) is 0.819. The van der Waals surface area contributed by atoms with E-state index >= 15 is 0 Å². The van der Waals surface area contributed by atoms with Gasteiger partial charge < -0.3 is 10.2 Å². The average molecular weight is 292 g/mol. The van der Waals surface area contributed by atoms with Crippen molar-refractivity contribution in [3.05, 3.63) is 18.0 Å². The van der Waals surface area contributed by atoms with Gasteiger partial charge in [0.15, 0.2) is 0 Å². The number of nitrogens with one attached hydrogen (secondary N) is 1. The Balaban J connectivity index is 2.20. The lowest BCUT2D eigenvalue weighted by Gasteiger charge is -2.37. The molecule has 0 saturated carbocycles. The maximum atomic E-state index is 12.2. The highest BCUT2D eigenvalue weighted by Crippen LogP contribution is 2.20. The van der Waals surface area contributed by atoms with Gasteiger partial charge in [-0.25, -0.2) is 0 Å². The number of aromatic nitrogens is 2. The van der Waals surface area contributed by atoms with Crippen LogP contribution in [0, 0.1) is 5.92 Å². The molecule has 1 fully saturated rings. The minimum atomic E-state index is -0.402. The Morgan fingerprint density at radius 2 is 2.10 bits per heavy atom. The van der Waals surface area contributed by atoms with Crippen molar-refractivity contribution in [1.29, 1.82) is 0 Å². The molecule has 2 atom stereocenters.